The molecule has 0 saturated carbocycles. The minimum absolute atomic E-state index is 0. The second-order valence-corrected chi connectivity index (χ2v) is 0. The second-order valence-electron chi connectivity index (χ2n) is 0. The largest absolute Gasteiger partial charge is 4.00 e. The molecule has 0 aromatic carbocycles. The maximum Gasteiger partial charge on any atom is 4.00 e. The van der Waals surface area contributed by atoms with Crippen LogP contribution in [-0.2, 0) is 5.48 Å². The Bertz CT molecular complexity index is 9.61. The molecule has 0 aliphatic rings. The van der Waals surface area contributed by atoms with Crippen molar-refractivity contribution in [1.29, 1.82) is 0 Å². The molecule has 0 aromatic rings. The van der Waals surface area contributed by atoms with Crippen LogP contribution in [0.3, 0.4) is 0 Å². The van der Waals surface area contributed by atoms with Gasteiger partial charge in [0.25, 0.3) is 0 Å². The molecule has 0 aliphatic heterocycles. The fourth-order valence-electron chi connectivity index (χ4n) is 0. The molecular weight excluding hydrogens is 111 g/mol. The van der Waals surface area contributed by atoms with Gasteiger partial charge in [-0.2, -0.15) is 0 Å². The van der Waals surface area contributed by atoms with E-state index in [-0.39, 0.29) is 62.3 Å². The van der Waals surface area contributed by atoms with E-state index in [2.05, 4.69) is 0 Å². The van der Waals surface area contributed by atoms with E-state index in [1.54, 1.807) is 0 Å². The Balaban J connectivity index is 0. The molecule has 0 radical (unpaired) electrons. The fraction of sp³-hybridized carbons (Fsp3) is 0. The summed E-state index contributed by atoms with van der Waals surface area (Å²) in [5.74, 6) is 0. The molecule has 5 heteroatoms. The third kappa shape index (κ3) is 31.1. The molecule has 0 atom stereocenters. The summed E-state index contributed by atoms with van der Waals surface area (Å²) in [5, 5.41) is 0. The monoisotopic (exact) mass is 113 g/mol. The van der Waals surface area contributed by atoms with Crippen LogP contribution >= 0.6 is 0 Å². The zero-order valence-electron chi connectivity index (χ0n) is 2.69. The summed E-state index contributed by atoms with van der Waals surface area (Å²) < 4.78 is 0. The molecule has 0 fully saturated rings. The molecule has 0 spiro atoms. The van der Waals surface area contributed by atoms with Crippen LogP contribution in [0.25, 0.3) is 0 Å². The third-order valence-corrected chi connectivity index (χ3v) is 0. The van der Waals surface area contributed by atoms with E-state index in [0.29, 0.717) is 0 Å². The van der Waals surface area contributed by atoms with Crippen LogP contribution in [-0.4, -0.2) is 56.9 Å². The van der Waals surface area contributed by atoms with Crippen molar-refractivity contribution in [3.05, 3.63) is 0 Å². The van der Waals surface area contributed by atoms with Crippen LogP contribution in [0.15, 0.2) is 0 Å². The first-order valence-electron chi connectivity index (χ1n) is 0. The zero-order valence-corrected chi connectivity index (χ0v) is 6.26. The van der Waals surface area contributed by atoms with Gasteiger partial charge in [-0.1, -0.05) is 0 Å². The molecule has 0 aliphatic carbocycles. The SMILES string of the molecule is O.[Al+3].[Mg+2].[O-2].[Si+4]. The molecule has 0 bridgehead atoms. The maximum atomic E-state index is 0. The molecule has 2 N–H and O–H groups in total. The molecule has 0 amide bonds. The standard InChI is InChI=1S/Al.Mg.H2O.O.Si/h;;1H2;;/q+3;+2;;-2;+4. The van der Waals surface area contributed by atoms with E-state index in [0.717, 1.165) is 0 Å². The molecule has 0 rings (SSSR count). The van der Waals surface area contributed by atoms with E-state index in [4.69, 9.17) is 0 Å². The van der Waals surface area contributed by atoms with Crippen molar-refractivity contribution in [3.63, 3.8) is 0 Å². The Morgan fingerprint density at radius 1 is 1.00 bits per heavy atom. The van der Waals surface area contributed by atoms with E-state index in [9.17, 15) is 0 Å². The Morgan fingerprint density at radius 2 is 1.00 bits per heavy atom. The number of hydrogen-bond donors (Lipinski definition) is 0. The summed E-state index contributed by atoms with van der Waals surface area (Å²) in [4.78, 5) is 0. The molecule has 0 unspecified atom stereocenters. The summed E-state index contributed by atoms with van der Waals surface area (Å²) in [6, 6.07) is 0. The molecule has 2 nitrogen and oxygen atoms in total. The maximum absolute atomic E-state index is 0. The number of hydrogen-bond acceptors (Lipinski definition) is 0. The van der Waals surface area contributed by atoms with Gasteiger partial charge in [0, 0.05) is 0 Å². The van der Waals surface area contributed by atoms with Crippen molar-refractivity contribution in [1.82, 2.24) is 0 Å². The van der Waals surface area contributed by atoms with E-state index < -0.39 is 0 Å². The van der Waals surface area contributed by atoms with Crippen molar-refractivity contribution in [2.24, 2.45) is 0 Å². The fourth-order valence-corrected chi connectivity index (χ4v) is 0. The second kappa shape index (κ2) is 51.9. The van der Waals surface area contributed by atoms with E-state index in [1.807, 2.05) is 0 Å². The van der Waals surface area contributed by atoms with E-state index >= 15 is 0 Å². The molecule has 5 heavy (non-hydrogen) atoms. The Labute approximate surface area is 62.2 Å². The predicted molar refractivity (Wildman–Crippen MR) is 21.6 cm³/mol. The van der Waals surface area contributed by atoms with Crippen LogP contribution in [0.1, 0.15) is 0 Å². The predicted octanol–water partition coefficient (Wildman–Crippen LogP) is -2.09. The van der Waals surface area contributed by atoms with Gasteiger partial charge < -0.3 is 11.0 Å². The summed E-state index contributed by atoms with van der Waals surface area (Å²) in [7, 11) is 0. The van der Waals surface area contributed by atoms with Crippen LogP contribution < -0.4 is 0 Å². The van der Waals surface area contributed by atoms with Crippen molar-refractivity contribution >= 4 is 51.4 Å². The van der Waals surface area contributed by atoms with Gasteiger partial charge in [0.2, 0.25) is 0 Å². The van der Waals surface area contributed by atoms with Gasteiger partial charge in [0.1, 0.15) is 0 Å². The van der Waals surface area contributed by atoms with Gasteiger partial charge >= 0.3 is 51.4 Å². The average Bonchev–Trinajstić information content (AvgIpc) is 0. The summed E-state index contributed by atoms with van der Waals surface area (Å²) >= 11 is 0. The van der Waals surface area contributed by atoms with Gasteiger partial charge in [-0.3, -0.25) is 0 Å². The Morgan fingerprint density at radius 3 is 1.00 bits per heavy atom. The molecular formula is H2AlMgO2Si+7. The van der Waals surface area contributed by atoms with Crippen molar-refractivity contribution < 1.29 is 11.0 Å². The summed E-state index contributed by atoms with van der Waals surface area (Å²) in [6.07, 6.45) is 0. The minimum Gasteiger partial charge on any atom is -2.00 e. The smallest absolute Gasteiger partial charge is 2.00 e. The van der Waals surface area contributed by atoms with Gasteiger partial charge in [-0.15, -0.1) is 0 Å². The number of rotatable bonds is 0. The van der Waals surface area contributed by atoms with Gasteiger partial charge in [0.15, 0.2) is 0 Å². The zero-order chi connectivity index (χ0) is 0. The van der Waals surface area contributed by atoms with Crippen LogP contribution in [0.4, 0.5) is 0 Å². The van der Waals surface area contributed by atoms with Crippen molar-refractivity contribution in [3.8, 4) is 0 Å². The molecule has 0 aromatic heterocycles. The van der Waals surface area contributed by atoms with E-state index in [1.165, 1.54) is 0 Å². The Hall–Kier alpha value is 1.44. The van der Waals surface area contributed by atoms with Gasteiger partial charge in [-0.05, 0) is 0 Å². The first kappa shape index (κ1) is 92.3. The normalized spacial score (nSPS) is 0. The minimum atomic E-state index is 0. The van der Waals surface area contributed by atoms with Gasteiger partial charge in [0.05, 0.1) is 0 Å². The van der Waals surface area contributed by atoms with Crippen molar-refractivity contribution in [2.45, 2.75) is 0 Å². The molecule has 0 saturated heterocycles. The molecule has 16 valence electrons. The van der Waals surface area contributed by atoms with Crippen molar-refractivity contribution in [2.75, 3.05) is 0 Å². The van der Waals surface area contributed by atoms with Crippen LogP contribution in [0, 0.1) is 0 Å². The topological polar surface area (TPSA) is 60.0 Å². The summed E-state index contributed by atoms with van der Waals surface area (Å²) in [6.45, 7) is 0. The van der Waals surface area contributed by atoms with Crippen LogP contribution in [0.5, 0.6) is 0 Å². The first-order chi connectivity index (χ1) is 0. The summed E-state index contributed by atoms with van der Waals surface area (Å²) in [5.41, 5.74) is 0. The Kier molecular flexibility index (Phi) is 958. The van der Waals surface area contributed by atoms with Gasteiger partial charge in [-0.25, -0.2) is 0 Å². The first-order valence-corrected chi connectivity index (χ1v) is 0. The average molecular weight is 113 g/mol. The molecule has 0 heterocycles. The quantitative estimate of drug-likeness (QED) is 0.324. The van der Waals surface area contributed by atoms with Crippen LogP contribution in [0.2, 0.25) is 0 Å². The third-order valence-electron chi connectivity index (χ3n) is 0.